The van der Waals surface area contributed by atoms with Crippen molar-refractivity contribution >= 4 is 9.84 Å². The van der Waals surface area contributed by atoms with Crippen LogP contribution in [0.25, 0.3) is 0 Å². The summed E-state index contributed by atoms with van der Waals surface area (Å²) in [6.45, 7) is 6.29. The van der Waals surface area contributed by atoms with Gasteiger partial charge in [-0.25, -0.2) is 8.42 Å². The molecule has 1 heterocycles. The van der Waals surface area contributed by atoms with Gasteiger partial charge in [0.1, 0.15) is 0 Å². The highest BCUT2D eigenvalue weighted by Crippen LogP contribution is 2.23. The van der Waals surface area contributed by atoms with E-state index in [0.29, 0.717) is 17.5 Å². The first-order valence-corrected chi connectivity index (χ1v) is 7.17. The van der Waals surface area contributed by atoms with Crippen LogP contribution in [0.15, 0.2) is 0 Å². The zero-order valence-corrected chi connectivity index (χ0v) is 10.2. The fourth-order valence-corrected chi connectivity index (χ4v) is 4.33. The van der Waals surface area contributed by atoms with E-state index in [1.807, 2.05) is 6.92 Å². The van der Waals surface area contributed by atoms with Gasteiger partial charge in [-0.05, 0) is 26.7 Å². The van der Waals surface area contributed by atoms with Gasteiger partial charge in [0.2, 0.25) is 0 Å². The van der Waals surface area contributed by atoms with Gasteiger partial charge in [-0.15, -0.1) is 0 Å². The Morgan fingerprint density at radius 3 is 2.57 bits per heavy atom. The lowest BCUT2D eigenvalue weighted by atomic mass is 10.00. The Hall–Kier alpha value is -0.0900. The number of hydrogen-bond donors (Lipinski definition) is 1. The van der Waals surface area contributed by atoms with Crippen LogP contribution in [0.3, 0.4) is 0 Å². The van der Waals surface area contributed by atoms with Crippen LogP contribution in [-0.4, -0.2) is 31.5 Å². The van der Waals surface area contributed by atoms with Crippen molar-refractivity contribution in [3.05, 3.63) is 0 Å². The third kappa shape index (κ3) is 3.24. The highest BCUT2D eigenvalue weighted by atomic mass is 32.2. The maximum absolute atomic E-state index is 11.3. The molecule has 0 aromatic carbocycles. The van der Waals surface area contributed by atoms with Gasteiger partial charge >= 0.3 is 0 Å². The summed E-state index contributed by atoms with van der Waals surface area (Å²) in [7, 11) is -2.78. The molecule has 3 nitrogen and oxygen atoms in total. The molecule has 2 atom stereocenters. The molecule has 4 heteroatoms. The molecule has 84 valence electrons. The van der Waals surface area contributed by atoms with Crippen LogP contribution in [0.2, 0.25) is 0 Å². The second kappa shape index (κ2) is 4.19. The Bertz CT molecular complexity index is 286. The molecule has 0 amide bonds. The highest BCUT2D eigenvalue weighted by molar-refractivity contribution is 7.91. The van der Waals surface area contributed by atoms with Gasteiger partial charge < -0.3 is 5.32 Å². The van der Waals surface area contributed by atoms with Crippen LogP contribution >= 0.6 is 0 Å². The summed E-state index contributed by atoms with van der Waals surface area (Å²) >= 11 is 0. The Labute approximate surface area is 87.2 Å². The molecule has 0 saturated carbocycles. The normalized spacial score (nSPS) is 33.1. The molecule has 1 aliphatic heterocycles. The quantitative estimate of drug-likeness (QED) is 0.776. The van der Waals surface area contributed by atoms with Crippen molar-refractivity contribution in [3.63, 3.8) is 0 Å². The minimum absolute atomic E-state index is 0.187. The maximum atomic E-state index is 11.3. The Morgan fingerprint density at radius 1 is 1.50 bits per heavy atom. The first-order valence-electron chi connectivity index (χ1n) is 5.35. The first kappa shape index (κ1) is 12.0. The van der Waals surface area contributed by atoms with E-state index in [2.05, 4.69) is 19.2 Å². The largest absolute Gasteiger partial charge is 0.308 e. The molecule has 1 saturated heterocycles. The van der Waals surface area contributed by atoms with Crippen LogP contribution in [0.4, 0.5) is 0 Å². The fourth-order valence-electron chi connectivity index (χ4n) is 2.22. The Kier molecular flexibility index (Phi) is 3.58. The number of nitrogens with one attached hydrogen (secondary N) is 1. The average Bonchev–Trinajstić information content (AvgIpc) is 2.25. The minimum atomic E-state index is -2.78. The summed E-state index contributed by atoms with van der Waals surface area (Å²) in [5.41, 5.74) is -0.187. The molecule has 1 N–H and O–H groups in total. The third-order valence-corrected chi connectivity index (χ3v) is 4.72. The first-order chi connectivity index (χ1) is 6.37. The van der Waals surface area contributed by atoms with E-state index >= 15 is 0 Å². The average molecular weight is 219 g/mol. The third-order valence-electron chi connectivity index (χ3n) is 2.82. The lowest BCUT2D eigenvalue weighted by molar-refractivity contribution is 0.339. The predicted molar refractivity (Wildman–Crippen MR) is 59.2 cm³/mol. The molecular weight excluding hydrogens is 198 g/mol. The molecule has 0 bridgehead atoms. The van der Waals surface area contributed by atoms with Gasteiger partial charge in [-0.3, -0.25) is 0 Å². The van der Waals surface area contributed by atoms with Gasteiger partial charge in [-0.1, -0.05) is 13.3 Å². The van der Waals surface area contributed by atoms with Gasteiger partial charge in [0.15, 0.2) is 9.84 Å². The fraction of sp³-hybridized carbons (Fsp3) is 1.00. The molecule has 0 aromatic heterocycles. The van der Waals surface area contributed by atoms with Crippen LogP contribution in [0.5, 0.6) is 0 Å². The maximum Gasteiger partial charge on any atom is 0.152 e. The summed E-state index contributed by atoms with van der Waals surface area (Å²) in [6, 6.07) is 0.415. The molecule has 0 aromatic rings. The van der Waals surface area contributed by atoms with E-state index in [9.17, 15) is 8.42 Å². The van der Waals surface area contributed by atoms with Crippen molar-refractivity contribution in [3.8, 4) is 0 Å². The number of rotatable bonds is 4. The molecule has 2 unspecified atom stereocenters. The molecule has 1 fully saturated rings. The molecule has 0 spiro atoms. The molecule has 14 heavy (non-hydrogen) atoms. The number of sulfone groups is 1. The van der Waals surface area contributed by atoms with E-state index in [1.165, 1.54) is 0 Å². The van der Waals surface area contributed by atoms with Crippen LogP contribution < -0.4 is 5.32 Å². The van der Waals surface area contributed by atoms with E-state index < -0.39 is 9.84 Å². The topological polar surface area (TPSA) is 46.2 Å². The van der Waals surface area contributed by atoms with Crippen molar-refractivity contribution in [2.45, 2.75) is 51.6 Å². The Morgan fingerprint density at radius 2 is 2.14 bits per heavy atom. The van der Waals surface area contributed by atoms with E-state index in [4.69, 9.17) is 0 Å². The summed E-state index contributed by atoms with van der Waals surface area (Å²) < 4.78 is 22.7. The van der Waals surface area contributed by atoms with Crippen molar-refractivity contribution < 1.29 is 8.42 Å². The van der Waals surface area contributed by atoms with Gasteiger partial charge in [0.25, 0.3) is 0 Å². The SMILES string of the molecule is CCCC(C)NC1(C)CCS(=O)(=O)C1. The second-order valence-electron chi connectivity index (χ2n) is 4.74. The standard InChI is InChI=1S/C10H21NO2S/c1-4-5-9(2)11-10(3)6-7-14(12,13)8-10/h9,11H,4-8H2,1-3H3. The Balaban J connectivity index is 2.52. The zero-order valence-electron chi connectivity index (χ0n) is 9.34. The second-order valence-corrected chi connectivity index (χ2v) is 6.92. The van der Waals surface area contributed by atoms with E-state index in [1.54, 1.807) is 0 Å². The smallest absolute Gasteiger partial charge is 0.152 e. The van der Waals surface area contributed by atoms with E-state index in [0.717, 1.165) is 19.3 Å². The molecule has 1 aliphatic rings. The lowest BCUT2D eigenvalue weighted by Crippen LogP contribution is -2.48. The van der Waals surface area contributed by atoms with Crippen molar-refractivity contribution in [2.24, 2.45) is 0 Å². The highest BCUT2D eigenvalue weighted by Gasteiger charge is 2.38. The molecular formula is C10H21NO2S. The summed E-state index contributed by atoms with van der Waals surface area (Å²) in [4.78, 5) is 0. The molecule has 0 aliphatic carbocycles. The molecule has 0 radical (unpaired) electrons. The van der Waals surface area contributed by atoms with Crippen LogP contribution in [0.1, 0.15) is 40.0 Å². The van der Waals surface area contributed by atoms with Crippen LogP contribution in [0, 0.1) is 0 Å². The predicted octanol–water partition coefficient (Wildman–Crippen LogP) is 1.34. The van der Waals surface area contributed by atoms with Crippen molar-refractivity contribution in [2.75, 3.05) is 11.5 Å². The van der Waals surface area contributed by atoms with Crippen molar-refractivity contribution in [1.29, 1.82) is 0 Å². The summed E-state index contributed by atoms with van der Waals surface area (Å²) in [6.07, 6.45) is 3.00. The molecule has 1 rings (SSSR count). The summed E-state index contributed by atoms with van der Waals surface area (Å²) in [5.74, 6) is 0.642. The van der Waals surface area contributed by atoms with Gasteiger partial charge in [-0.2, -0.15) is 0 Å². The van der Waals surface area contributed by atoms with E-state index in [-0.39, 0.29) is 5.54 Å². The minimum Gasteiger partial charge on any atom is -0.308 e. The van der Waals surface area contributed by atoms with Gasteiger partial charge in [0, 0.05) is 11.6 Å². The van der Waals surface area contributed by atoms with Crippen molar-refractivity contribution in [1.82, 2.24) is 5.32 Å². The van der Waals surface area contributed by atoms with Crippen LogP contribution in [-0.2, 0) is 9.84 Å². The summed E-state index contributed by atoms with van der Waals surface area (Å²) in [5, 5.41) is 3.43. The number of hydrogen-bond acceptors (Lipinski definition) is 3. The zero-order chi connectivity index (χ0) is 10.8. The van der Waals surface area contributed by atoms with Gasteiger partial charge in [0.05, 0.1) is 11.5 Å². The monoisotopic (exact) mass is 219 g/mol. The lowest BCUT2D eigenvalue weighted by Gasteiger charge is -2.28.